The van der Waals surface area contributed by atoms with Crippen LogP contribution in [0.3, 0.4) is 0 Å². The predicted molar refractivity (Wildman–Crippen MR) is 141 cm³/mol. The van der Waals surface area contributed by atoms with Crippen molar-refractivity contribution in [1.29, 1.82) is 0 Å². The lowest BCUT2D eigenvalue weighted by Gasteiger charge is -2.28. The molecular weight excluding hydrogens is 513 g/mol. The van der Waals surface area contributed by atoms with Crippen LogP contribution < -0.4 is 14.8 Å². The van der Waals surface area contributed by atoms with Gasteiger partial charge in [-0.05, 0) is 56.0 Å². The average Bonchev–Trinajstić information content (AvgIpc) is 3.34. The zero-order valence-electron chi connectivity index (χ0n) is 20.5. The fraction of sp³-hybridized carbons (Fsp3) is 0.250. The normalized spacial score (nSPS) is 17.2. The number of carbonyl (C=O) groups is 2. The van der Waals surface area contributed by atoms with E-state index in [4.69, 9.17) is 21.1 Å². The molecule has 0 radical (unpaired) electrons. The highest BCUT2D eigenvalue weighted by Gasteiger charge is 2.27. The van der Waals surface area contributed by atoms with Gasteiger partial charge in [0.15, 0.2) is 17.3 Å². The van der Waals surface area contributed by atoms with E-state index in [9.17, 15) is 19.1 Å². The van der Waals surface area contributed by atoms with Gasteiger partial charge in [-0.2, -0.15) is 0 Å². The highest BCUT2D eigenvalue weighted by molar-refractivity contribution is 6.35. The Morgan fingerprint density at radius 2 is 1.87 bits per heavy atom. The molecule has 2 heterocycles. The number of aromatic amines is 1. The fourth-order valence-electron chi connectivity index (χ4n) is 4.81. The number of H-pyrrole nitrogens is 1. The summed E-state index contributed by atoms with van der Waals surface area (Å²) in [6.45, 7) is 0. The molecule has 8 nitrogen and oxygen atoms in total. The van der Waals surface area contributed by atoms with Crippen molar-refractivity contribution >= 4 is 40.1 Å². The number of pyridine rings is 1. The maximum atomic E-state index is 13.7. The first kappa shape index (κ1) is 25.5. The second-order valence-electron chi connectivity index (χ2n) is 9.18. The highest BCUT2D eigenvalue weighted by Crippen LogP contribution is 2.36. The summed E-state index contributed by atoms with van der Waals surface area (Å²) < 4.78 is 24.7. The maximum Gasteiger partial charge on any atom is 0.306 e. The van der Waals surface area contributed by atoms with Crippen molar-refractivity contribution in [1.82, 2.24) is 9.97 Å². The number of carboxylic acids is 1. The first-order valence-electron chi connectivity index (χ1n) is 12.1. The molecule has 1 saturated carbocycles. The van der Waals surface area contributed by atoms with Gasteiger partial charge >= 0.3 is 5.97 Å². The molecule has 10 heteroatoms. The minimum Gasteiger partial charge on any atom is -0.493 e. The number of carboxylic acid groups (broad SMARTS) is 1. The molecule has 0 atom stereocenters. The molecule has 38 heavy (non-hydrogen) atoms. The zero-order valence-corrected chi connectivity index (χ0v) is 21.2. The summed E-state index contributed by atoms with van der Waals surface area (Å²) in [5.74, 6) is -1.00. The number of rotatable bonds is 8. The molecule has 196 valence electrons. The molecule has 3 N–H and O–H groups in total. The number of methoxy groups -OCH3 is 1. The van der Waals surface area contributed by atoms with Crippen molar-refractivity contribution in [2.45, 2.75) is 31.7 Å². The molecule has 5 rings (SSSR count). The summed E-state index contributed by atoms with van der Waals surface area (Å²) in [7, 11) is 1.45. The van der Waals surface area contributed by atoms with Crippen LogP contribution in [0, 0.1) is 11.7 Å². The Balaban J connectivity index is 1.39. The van der Waals surface area contributed by atoms with Gasteiger partial charge in [0.1, 0.15) is 17.2 Å². The number of ether oxygens (including phenoxy) is 2. The third-order valence-electron chi connectivity index (χ3n) is 6.79. The van der Waals surface area contributed by atoms with Gasteiger partial charge in [-0.3, -0.25) is 9.59 Å². The molecular formula is C28H25ClFN3O5. The quantitative estimate of drug-likeness (QED) is 0.221. The molecule has 1 aliphatic carbocycles. The number of nitrogens with zero attached hydrogens (tertiary/aromatic N) is 1. The van der Waals surface area contributed by atoms with E-state index < -0.39 is 11.8 Å². The van der Waals surface area contributed by atoms with E-state index in [1.807, 2.05) is 0 Å². The van der Waals surface area contributed by atoms with Crippen LogP contribution in [0.2, 0.25) is 5.02 Å². The molecule has 0 aliphatic heterocycles. The SMILES string of the molecule is COc1ccc(F)cc1Oc1ccc(C(=O)c2c[nH]c3nccc(NC4CCC(C(=O)O)CC4)c23)c(Cl)c1. The lowest BCUT2D eigenvalue weighted by Crippen LogP contribution is -2.29. The summed E-state index contributed by atoms with van der Waals surface area (Å²) in [4.78, 5) is 32.3. The van der Waals surface area contributed by atoms with Crippen LogP contribution in [0.5, 0.6) is 17.2 Å². The first-order chi connectivity index (χ1) is 18.3. The zero-order chi connectivity index (χ0) is 26.8. The van der Waals surface area contributed by atoms with Gasteiger partial charge in [0.05, 0.1) is 29.0 Å². The molecule has 1 aliphatic rings. The number of fused-ring (bicyclic) bond motifs is 1. The van der Waals surface area contributed by atoms with E-state index in [-0.39, 0.29) is 34.1 Å². The van der Waals surface area contributed by atoms with Crippen molar-refractivity contribution in [3.63, 3.8) is 0 Å². The number of aliphatic carboxylic acids is 1. The van der Waals surface area contributed by atoms with Crippen LogP contribution in [-0.2, 0) is 4.79 Å². The van der Waals surface area contributed by atoms with Crippen molar-refractivity contribution < 1.29 is 28.6 Å². The van der Waals surface area contributed by atoms with Crippen molar-refractivity contribution in [3.05, 3.63) is 76.8 Å². The Labute approximate surface area is 222 Å². The van der Waals surface area contributed by atoms with Crippen LogP contribution in [0.4, 0.5) is 10.1 Å². The van der Waals surface area contributed by atoms with Gasteiger partial charge in [0, 0.05) is 41.8 Å². The Bertz CT molecular complexity index is 1510. The van der Waals surface area contributed by atoms with Gasteiger partial charge in [-0.25, -0.2) is 9.37 Å². The molecule has 0 amide bonds. The number of anilines is 1. The molecule has 4 aromatic rings. The predicted octanol–water partition coefficient (Wildman–Crippen LogP) is 6.44. The summed E-state index contributed by atoms with van der Waals surface area (Å²) in [6, 6.07) is 10.5. The second kappa shape index (κ2) is 10.7. The molecule has 2 aromatic heterocycles. The number of nitrogens with one attached hydrogen (secondary N) is 2. The summed E-state index contributed by atoms with van der Waals surface area (Å²) in [5.41, 5.74) is 1.96. The van der Waals surface area contributed by atoms with E-state index in [2.05, 4.69) is 15.3 Å². The van der Waals surface area contributed by atoms with E-state index in [1.54, 1.807) is 30.6 Å². The number of carbonyl (C=O) groups excluding carboxylic acids is 1. The summed E-state index contributed by atoms with van der Waals surface area (Å²) >= 11 is 6.50. The average molecular weight is 538 g/mol. The third-order valence-corrected chi connectivity index (χ3v) is 7.11. The number of halogens is 2. The van der Waals surface area contributed by atoms with E-state index >= 15 is 0 Å². The molecule has 0 unspecified atom stereocenters. The van der Waals surface area contributed by atoms with E-state index in [0.717, 1.165) is 18.5 Å². The number of aromatic nitrogens is 2. The van der Waals surface area contributed by atoms with Gasteiger partial charge in [0.25, 0.3) is 0 Å². The van der Waals surface area contributed by atoms with Gasteiger partial charge in [0.2, 0.25) is 0 Å². The summed E-state index contributed by atoms with van der Waals surface area (Å²) in [6.07, 6.45) is 5.90. The van der Waals surface area contributed by atoms with Crippen molar-refractivity contribution in [2.24, 2.45) is 5.92 Å². The Kier molecular flexibility index (Phi) is 7.20. The number of hydrogen-bond acceptors (Lipinski definition) is 6. The lowest BCUT2D eigenvalue weighted by atomic mass is 9.86. The minimum absolute atomic E-state index is 0.0916. The Morgan fingerprint density at radius 3 is 2.58 bits per heavy atom. The summed E-state index contributed by atoms with van der Waals surface area (Å²) in [5, 5.41) is 13.6. The molecule has 0 bridgehead atoms. The van der Waals surface area contributed by atoms with Gasteiger partial charge in [-0.15, -0.1) is 0 Å². The molecule has 2 aromatic carbocycles. The standard InChI is InChI=1S/C28H25ClFN3O5/c1-37-23-9-4-16(30)12-24(23)38-18-7-8-19(21(29)13-18)26(34)20-14-32-27-25(20)22(10-11-31-27)33-17-5-2-15(3-6-17)28(35)36/h4,7-15,17H,2-3,5-6H2,1H3,(H,35,36)(H2,31,32,33). The first-order valence-corrected chi connectivity index (χ1v) is 12.5. The van der Waals surface area contributed by atoms with Crippen LogP contribution in [-0.4, -0.2) is 40.0 Å². The second-order valence-corrected chi connectivity index (χ2v) is 9.59. The minimum atomic E-state index is -0.753. The van der Waals surface area contributed by atoms with E-state index in [1.165, 1.54) is 31.4 Å². The Hall–Kier alpha value is -4.11. The smallest absolute Gasteiger partial charge is 0.306 e. The van der Waals surface area contributed by atoms with Gasteiger partial charge in [-0.1, -0.05) is 11.6 Å². The lowest BCUT2D eigenvalue weighted by molar-refractivity contribution is -0.142. The van der Waals surface area contributed by atoms with Crippen molar-refractivity contribution in [3.8, 4) is 17.2 Å². The van der Waals surface area contributed by atoms with Crippen molar-refractivity contribution in [2.75, 3.05) is 12.4 Å². The van der Waals surface area contributed by atoms with Gasteiger partial charge < -0.3 is 24.9 Å². The topological polar surface area (TPSA) is 114 Å². The molecule has 0 spiro atoms. The molecule has 0 saturated heterocycles. The maximum absolute atomic E-state index is 13.7. The van der Waals surface area contributed by atoms with Crippen LogP contribution in [0.25, 0.3) is 11.0 Å². The van der Waals surface area contributed by atoms with E-state index in [0.29, 0.717) is 40.9 Å². The number of benzene rings is 2. The van der Waals surface area contributed by atoms with Crippen LogP contribution in [0.1, 0.15) is 41.6 Å². The molecule has 1 fully saturated rings. The Morgan fingerprint density at radius 1 is 1.08 bits per heavy atom. The van der Waals surface area contributed by atoms with Crippen LogP contribution >= 0.6 is 11.6 Å². The fourth-order valence-corrected chi connectivity index (χ4v) is 5.06. The number of ketones is 1. The third kappa shape index (κ3) is 5.15. The van der Waals surface area contributed by atoms with Crippen LogP contribution in [0.15, 0.2) is 54.9 Å². The largest absolute Gasteiger partial charge is 0.493 e. The number of hydrogen-bond donors (Lipinski definition) is 3. The highest BCUT2D eigenvalue weighted by atomic mass is 35.5. The monoisotopic (exact) mass is 537 g/mol.